The lowest BCUT2D eigenvalue weighted by atomic mass is 9.75. The van der Waals surface area contributed by atoms with Gasteiger partial charge in [-0.3, -0.25) is 4.90 Å². The number of benzene rings is 2. The van der Waals surface area contributed by atoms with E-state index in [0.717, 1.165) is 12.0 Å². The highest BCUT2D eigenvalue weighted by atomic mass is 16.5. The Morgan fingerprint density at radius 1 is 0.906 bits per heavy atom. The van der Waals surface area contributed by atoms with E-state index >= 15 is 0 Å². The largest absolute Gasteiger partial charge is 0.392 e. The summed E-state index contributed by atoms with van der Waals surface area (Å²) < 4.78 is 13.0. The molecule has 32 heavy (non-hydrogen) atoms. The van der Waals surface area contributed by atoms with Gasteiger partial charge in [0.2, 0.25) is 0 Å². The zero-order valence-corrected chi connectivity index (χ0v) is 20.5. The Labute approximate surface area is 194 Å². The minimum Gasteiger partial charge on any atom is -0.392 e. The van der Waals surface area contributed by atoms with E-state index in [1.807, 2.05) is 43.3 Å². The van der Waals surface area contributed by atoms with Crippen LogP contribution >= 0.6 is 0 Å². The molecule has 0 amide bonds. The molecular weight excluding hydrogens is 398 g/mol. The molecule has 1 aliphatic rings. The van der Waals surface area contributed by atoms with E-state index in [1.54, 1.807) is 0 Å². The maximum absolute atomic E-state index is 10.2. The number of aliphatic hydroxyl groups is 1. The van der Waals surface area contributed by atoms with Crippen molar-refractivity contribution in [1.29, 1.82) is 0 Å². The van der Waals surface area contributed by atoms with Gasteiger partial charge in [-0.05, 0) is 52.2 Å². The molecule has 3 unspecified atom stereocenters. The van der Waals surface area contributed by atoms with Crippen molar-refractivity contribution >= 4 is 0 Å². The van der Waals surface area contributed by atoms with Crippen molar-refractivity contribution in [2.75, 3.05) is 6.54 Å². The Hall–Kier alpha value is -1.98. The minimum atomic E-state index is -0.403. The molecule has 1 N–H and O–H groups in total. The highest BCUT2D eigenvalue weighted by Gasteiger charge is 2.53. The number of nitrogens with zero attached hydrogens (tertiary/aromatic N) is 1. The van der Waals surface area contributed by atoms with Crippen LogP contribution in [0.1, 0.15) is 52.2 Å². The summed E-state index contributed by atoms with van der Waals surface area (Å²) >= 11 is 0. The number of hydrogen-bond acceptors (Lipinski definition) is 4. The van der Waals surface area contributed by atoms with E-state index in [0.29, 0.717) is 19.8 Å². The molecule has 1 heterocycles. The van der Waals surface area contributed by atoms with Gasteiger partial charge in [0.1, 0.15) is 6.10 Å². The third kappa shape index (κ3) is 6.76. The lowest BCUT2D eigenvalue weighted by Gasteiger charge is -2.59. The Bertz CT molecular complexity index is 789. The Balaban J connectivity index is 0.00000176. The standard InChI is InChI=1S/C26H37NO3.C2H4/c1-20(28)17-27-25(2,3)16-23(29-18-21-12-8-6-9-13-21)24(26(27,4)5)30-19-22-14-10-7-11-15-22;1-2/h6-15,20,23-24,28H,16-19H2,1-5H3;1-2H2. The van der Waals surface area contributed by atoms with Gasteiger partial charge in [0.25, 0.3) is 0 Å². The van der Waals surface area contributed by atoms with Gasteiger partial charge in [0.05, 0.1) is 25.4 Å². The van der Waals surface area contributed by atoms with E-state index in [-0.39, 0.29) is 23.3 Å². The van der Waals surface area contributed by atoms with Crippen LogP contribution in [0.2, 0.25) is 0 Å². The Morgan fingerprint density at radius 2 is 1.38 bits per heavy atom. The van der Waals surface area contributed by atoms with Gasteiger partial charge in [-0.2, -0.15) is 0 Å². The van der Waals surface area contributed by atoms with Crippen molar-refractivity contribution in [2.24, 2.45) is 0 Å². The number of hydrogen-bond donors (Lipinski definition) is 1. The second-order valence-electron chi connectivity index (χ2n) is 9.68. The monoisotopic (exact) mass is 439 g/mol. The van der Waals surface area contributed by atoms with Gasteiger partial charge in [0, 0.05) is 17.6 Å². The van der Waals surface area contributed by atoms with Crippen molar-refractivity contribution in [1.82, 2.24) is 4.90 Å². The third-order valence-corrected chi connectivity index (χ3v) is 6.19. The second-order valence-corrected chi connectivity index (χ2v) is 9.68. The molecule has 0 aliphatic carbocycles. The number of likely N-dealkylation sites (tertiary alicyclic amines) is 1. The number of piperidine rings is 1. The maximum Gasteiger partial charge on any atom is 0.102 e. The first-order chi connectivity index (χ1) is 15.2. The molecule has 1 fully saturated rings. The fourth-order valence-electron chi connectivity index (χ4n) is 4.84. The first kappa shape index (κ1) is 26.3. The summed E-state index contributed by atoms with van der Waals surface area (Å²) in [6.07, 6.45) is 0.285. The van der Waals surface area contributed by atoms with Crippen LogP contribution in [0, 0.1) is 0 Å². The van der Waals surface area contributed by atoms with Crippen LogP contribution in [-0.2, 0) is 22.7 Å². The molecule has 4 heteroatoms. The van der Waals surface area contributed by atoms with Crippen molar-refractivity contribution in [3.63, 3.8) is 0 Å². The second kappa shape index (κ2) is 11.8. The summed E-state index contributed by atoms with van der Waals surface area (Å²) in [6, 6.07) is 20.6. The summed E-state index contributed by atoms with van der Waals surface area (Å²) in [6.45, 7) is 18.5. The fraction of sp³-hybridized carbons (Fsp3) is 0.500. The molecule has 176 valence electrons. The van der Waals surface area contributed by atoms with Crippen LogP contribution in [0.15, 0.2) is 73.8 Å². The molecule has 3 rings (SSSR count). The van der Waals surface area contributed by atoms with Gasteiger partial charge in [0.15, 0.2) is 0 Å². The molecule has 0 radical (unpaired) electrons. The van der Waals surface area contributed by atoms with Gasteiger partial charge in [-0.1, -0.05) is 60.7 Å². The predicted octanol–water partition coefficient (Wildman–Crippen LogP) is 5.60. The molecule has 4 nitrogen and oxygen atoms in total. The molecular formula is C28H41NO3. The van der Waals surface area contributed by atoms with E-state index in [1.165, 1.54) is 5.56 Å². The third-order valence-electron chi connectivity index (χ3n) is 6.19. The van der Waals surface area contributed by atoms with E-state index in [2.05, 4.69) is 70.0 Å². The number of ether oxygens (including phenoxy) is 2. The summed E-state index contributed by atoms with van der Waals surface area (Å²) in [4.78, 5) is 2.39. The molecule has 0 saturated carbocycles. The predicted molar refractivity (Wildman–Crippen MR) is 132 cm³/mol. The van der Waals surface area contributed by atoms with Crippen molar-refractivity contribution in [3.8, 4) is 0 Å². The molecule has 0 spiro atoms. The molecule has 1 saturated heterocycles. The molecule has 3 atom stereocenters. The van der Waals surface area contributed by atoms with Gasteiger partial charge >= 0.3 is 0 Å². The highest BCUT2D eigenvalue weighted by Crippen LogP contribution is 2.42. The molecule has 2 aromatic rings. The van der Waals surface area contributed by atoms with Crippen LogP contribution in [0.4, 0.5) is 0 Å². The topological polar surface area (TPSA) is 41.9 Å². The minimum absolute atomic E-state index is 0.0378. The van der Waals surface area contributed by atoms with Crippen molar-refractivity contribution in [2.45, 2.75) is 83.6 Å². The Morgan fingerprint density at radius 3 is 1.84 bits per heavy atom. The van der Waals surface area contributed by atoms with Crippen LogP contribution in [-0.4, -0.2) is 45.9 Å². The number of rotatable bonds is 8. The average Bonchev–Trinajstić information content (AvgIpc) is 2.77. The fourth-order valence-corrected chi connectivity index (χ4v) is 4.84. The van der Waals surface area contributed by atoms with Crippen LogP contribution in [0.25, 0.3) is 0 Å². The summed E-state index contributed by atoms with van der Waals surface area (Å²) in [7, 11) is 0. The van der Waals surface area contributed by atoms with E-state index < -0.39 is 6.10 Å². The van der Waals surface area contributed by atoms with Crippen LogP contribution in [0.5, 0.6) is 0 Å². The zero-order chi connectivity index (χ0) is 23.8. The number of aliphatic hydroxyl groups excluding tert-OH is 1. The zero-order valence-electron chi connectivity index (χ0n) is 20.5. The first-order valence-electron chi connectivity index (χ1n) is 11.5. The smallest absolute Gasteiger partial charge is 0.102 e. The number of β-amino-alcohol motifs (C(OH)–C–C–N with tert-alkyl or cyclic N) is 1. The summed E-state index contributed by atoms with van der Waals surface area (Å²) in [5.74, 6) is 0. The quantitative estimate of drug-likeness (QED) is 0.544. The first-order valence-corrected chi connectivity index (χ1v) is 11.5. The SMILES string of the molecule is C=C.CC(O)CN1C(C)(C)CC(OCc2ccccc2)C(OCc2ccccc2)C1(C)C. The normalized spacial score (nSPS) is 23.1. The van der Waals surface area contributed by atoms with E-state index in [4.69, 9.17) is 9.47 Å². The molecule has 1 aliphatic heterocycles. The summed E-state index contributed by atoms with van der Waals surface area (Å²) in [5, 5.41) is 10.2. The lowest BCUT2D eigenvalue weighted by Crippen LogP contribution is -2.70. The molecule has 0 bridgehead atoms. The van der Waals surface area contributed by atoms with Crippen molar-refractivity contribution < 1.29 is 14.6 Å². The summed E-state index contributed by atoms with van der Waals surface area (Å²) in [5.41, 5.74) is 1.91. The van der Waals surface area contributed by atoms with Gasteiger partial charge in [-0.25, -0.2) is 0 Å². The highest BCUT2D eigenvalue weighted by molar-refractivity contribution is 5.15. The van der Waals surface area contributed by atoms with Crippen LogP contribution < -0.4 is 0 Å². The van der Waals surface area contributed by atoms with Gasteiger partial charge < -0.3 is 14.6 Å². The van der Waals surface area contributed by atoms with E-state index in [9.17, 15) is 5.11 Å². The maximum atomic E-state index is 10.2. The van der Waals surface area contributed by atoms with Crippen LogP contribution in [0.3, 0.4) is 0 Å². The Kier molecular flexibility index (Phi) is 9.65. The average molecular weight is 440 g/mol. The lowest BCUT2D eigenvalue weighted by molar-refractivity contribution is -0.208. The van der Waals surface area contributed by atoms with Gasteiger partial charge in [-0.15, -0.1) is 13.2 Å². The molecule has 2 aromatic carbocycles. The van der Waals surface area contributed by atoms with Crippen molar-refractivity contribution in [3.05, 3.63) is 84.9 Å². The molecule has 0 aromatic heterocycles.